The van der Waals surface area contributed by atoms with Gasteiger partial charge < -0.3 is 10.1 Å². The van der Waals surface area contributed by atoms with Crippen molar-refractivity contribution in [2.75, 3.05) is 11.9 Å². The maximum Gasteiger partial charge on any atom is 0.319 e. The molecule has 0 aliphatic carbocycles. The van der Waals surface area contributed by atoms with Crippen molar-refractivity contribution in [1.29, 1.82) is 0 Å². The van der Waals surface area contributed by atoms with Gasteiger partial charge in [0.15, 0.2) is 5.17 Å². The van der Waals surface area contributed by atoms with Crippen LogP contribution in [0, 0.1) is 0 Å². The second-order valence-electron chi connectivity index (χ2n) is 4.42. The predicted molar refractivity (Wildman–Crippen MR) is 83.0 cm³/mol. The SMILES string of the molecule is CCCOC(=O)C(C)SC1=NS(=O)(=O)c2ccccc2N1. The summed E-state index contributed by atoms with van der Waals surface area (Å²) in [5, 5.41) is 2.56. The zero-order valence-electron chi connectivity index (χ0n) is 11.7. The van der Waals surface area contributed by atoms with Gasteiger partial charge in [0.1, 0.15) is 10.1 Å². The van der Waals surface area contributed by atoms with Gasteiger partial charge in [0, 0.05) is 0 Å². The van der Waals surface area contributed by atoms with E-state index in [4.69, 9.17) is 4.74 Å². The number of benzene rings is 1. The van der Waals surface area contributed by atoms with Crippen LogP contribution < -0.4 is 5.32 Å². The molecule has 0 fully saturated rings. The number of hydrogen-bond acceptors (Lipinski definition) is 6. The van der Waals surface area contributed by atoms with E-state index in [1.807, 2.05) is 6.92 Å². The van der Waals surface area contributed by atoms with Gasteiger partial charge in [-0.05, 0) is 25.5 Å². The second kappa shape index (κ2) is 6.48. The fourth-order valence-electron chi connectivity index (χ4n) is 1.68. The average Bonchev–Trinajstić information content (AvgIpc) is 2.44. The molecule has 2 rings (SSSR count). The zero-order valence-corrected chi connectivity index (χ0v) is 13.3. The zero-order chi connectivity index (χ0) is 15.5. The van der Waals surface area contributed by atoms with Crippen LogP contribution >= 0.6 is 11.8 Å². The molecule has 0 spiro atoms. The molecule has 6 nitrogen and oxygen atoms in total. The number of hydrogen-bond donors (Lipinski definition) is 1. The standard InChI is InChI=1S/C13H16N2O4S2/c1-3-8-19-12(16)9(2)20-13-14-10-6-4-5-7-11(10)21(17,18)15-13/h4-7,9H,3,8H2,1-2H3,(H,14,15). The van der Waals surface area contributed by atoms with Crippen molar-refractivity contribution in [3.63, 3.8) is 0 Å². The van der Waals surface area contributed by atoms with Crippen LogP contribution in [0.15, 0.2) is 33.6 Å². The molecule has 0 aromatic heterocycles. The van der Waals surface area contributed by atoms with Crippen molar-refractivity contribution in [2.45, 2.75) is 30.4 Å². The topological polar surface area (TPSA) is 84.8 Å². The number of para-hydroxylation sites is 1. The summed E-state index contributed by atoms with van der Waals surface area (Å²) in [6, 6.07) is 6.51. The number of sulfonamides is 1. The van der Waals surface area contributed by atoms with Crippen LogP contribution in [0.25, 0.3) is 0 Å². The Balaban J connectivity index is 2.13. The Hall–Kier alpha value is -1.54. The molecular formula is C13H16N2O4S2. The number of amidine groups is 1. The molecule has 21 heavy (non-hydrogen) atoms. The molecule has 1 atom stereocenters. The lowest BCUT2D eigenvalue weighted by atomic mass is 10.3. The number of anilines is 1. The van der Waals surface area contributed by atoms with E-state index in [1.54, 1.807) is 25.1 Å². The maximum absolute atomic E-state index is 12.0. The number of fused-ring (bicyclic) bond motifs is 1. The average molecular weight is 328 g/mol. The van der Waals surface area contributed by atoms with Crippen molar-refractivity contribution in [2.24, 2.45) is 4.40 Å². The number of nitrogens with zero attached hydrogens (tertiary/aromatic N) is 1. The number of thioether (sulfide) groups is 1. The maximum atomic E-state index is 12.0. The molecule has 0 radical (unpaired) electrons. The highest BCUT2D eigenvalue weighted by Gasteiger charge is 2.27. The minimum absolute atomic E-state index is 0.135. The van der Waals surface area contributed by atoms with E-state index in [-0.39, 0.29) is 16.0 Å². The summed E-state index contributed by atoms with van der Waals surface area (Å²) < 4.78 is 32.8. The predicted octanol–water partition coefficient (Wildman–Crippen LogP) is 2.23. The lowest BCUT2D eigenvalue weighted by molar-refractivity contribution is -0.142. The van der Waals surface area contributed by atoms with E-state index in [0.29, 0.717) is 12.3 Å². The molecule has 8 heteroatoms. The second-order valence-corrected chi connectivity index (χ2v) is 7.32. The lowest BCUT2D eigenvalue weighted by Gasteiger charge is -2.19. The van der Waals surface area contributed by atoms with Gasteiger partial charge in [0.2, 0.25) is 0 Å². The number of rotatable bonds is 4. The quantitative estimate of drug-likeness (QED) is 0.853. The van der Waals surface area contributed by atoms with Crippen LogP contribution in [-0.4, -0.2) is 31.4 Å². The summed E-state index contributed by atoms with van der Waals surface area (Å²) >= 11 is 1.03. The van der Waals surface area contributed by atoms with E-state index in [0.717, 1.165) is 18.2 Å². The van der Waals surface area contributed by atoms with Gasteiger partial charge in [0.25, 0.3) is 10.0 Å². The molecule has 1 aromatic rings. The molecule has 1 aliphatic rings. The van der Waals surface area contributed by atoms with E-state index < -0.39 is 15.3 Å². The molecule has 0 amide bonds. The van der Waals surface area contributed by atoms with Crippen molar-refractivity contribution in [3.8, 4) is 0 Å². The third-order valence-electron chi connectivity index (χ3n) is 2.68. The fraction of sp³-hybridized carbons (Fsp3) is 0.385. The van der Waals surface area contributed by atoms with Gasteiger partial charge in [-0.25, -0.2) is 0 Å². The minimum Gasteiger partial charge on any atom is -0.465 e. The third kappa shape index (κ3) is 3.76. The first-order chi connectivity index (χ1) is 9.94. The van der Waals surface area contributed by atoms with Gasteiger partial charge in [0.05, 0.1) is 12.3 Å². The highest BCUT2D eigenvalue weighted by Crippen LogP contribution is 2.30. The molecule has 1 heterocycles. The molecule has 1 unspecified atom stereocenters. The summed E-state index contributed by atoms with van der Waals surface area (Å²) in [5.74, 6) is -0.386. The van der Waals surface area contributed by atoms with E-state index in [1.165, 1.54) is 6.07 Å². The van der Waals surface area contributed by atoms with Gasteiger partial charge in [-0.1, -0.05) is 30.8 Å². The van der Waals surface area contributed by atoms with Gasteiger partial charge >= 0.3 is 5.97 Å². The first-order valence-electron chi connectivity index (χ1n) is 6.48. The molecule has 0 bridgehead atoms. The molecular weight excluding hydrogens is 312 g/mol. The number of nitrogens with one attached hydrogen (secondary N) is 1. The third-order valence-corrected chi connectivity index (χ3v) is 5.09. The smallest absolute Gasteiger partial charge is 0.319 e. The molecule has 1 aliphatic heterocycles. The van der Waals surface area contributed by atoms with E-state index >= 15 is 0 Å². The summed E-state index contributed by atoms with van der Waals surface area (Å²) in [6.07, 6.45) is 0.740. The van der Waals surface area contributed by atoms with Crippen LogP contribution in [0.5, 0.6) is 0 Å². The van der Waals surface area contributed by atoms with Crippen LogP contribution in [0.2, 0.25) is 0 Å². The van der Waals surface area contributed by atoms with Gasteiger partial charge in [-0.2, -0.15) is 8.42 Å². The van der Waals surface area contributed by atoms with E-state index in [2.05, 4.69) is 9.71 Å². The number of carbonyl (C=O) groups is 1. The Bertz CT molecular complexity index is 671. The normalized spacial score (nSPS) is 17.1. The molecule has 0 saturated carbocycles. The van der Waals surface area contributed by atoms with Crippen molar-refractivity contribution in [1.82, 2.24) is 0 Å². The summed E-state index contributed by atoms with van der Waals surface area (Å²) in [6.45, 7) is 3.91. The van der Waals surface area contributed by atoms with Crippen LogP contribution in [0.3, 0.4) is 0 Å². The van der Waals surface area contributed by atoms with Crippen LogP contribution in [0.1, 0.15) is 20.3 Å². The number of esters is 1. The summed E-state index contributed by atoms with van der Waals surface area (Å²) in [4.78, 5) is 11.8. The van der Waals surface area contributed by atoms with Gasteiger partial charge in [-0.15, -0.1) is 4.40 Å². The Morgan fingerprint density at radius 3 is 2.86 bits per heavy atom. The molecule has 1 aromatic carbocycles. The van der Waals surface area contributed by atoms with Crippen molar-refractivity contribution >= 4 is 38.6 Å². The van der Waals surface area contributed by atoms with Crippen molar-refractivity contribution < 1.29 is 17.9 Å². The Labute approximate surface area is 128 Å². The number of ether oxygens (including phenoxy) is 1. The molecule has 0 saturated heterocycles. The number of carbonyl (C=O) groups excluding carboxylic acids is 1. The summed E-state index contributed by atoms with van der Waals surface area (Å²) in [5.41, 5.74) is 0.462. The van der Waals surface area contributed by atoms with Crippen molar-refractivity contribution in [3.05, 3.63) is 24.3 Å². The van der Waals surface area contributed by atoms with Gasteiger partial charge in [-0.3, -0.25) is 4.79 Å². The highest BCUT2D eigenvalue weighted by atomic mass is 32.2. The Morgan fingerprint density at radius 1 is 1.43 bits per heavy atom. The van der Waals surface area contributed by atoms with Crippen LogP contribution in [0.4, 0.5) is 5.69 Å². The molecule has 114 valence electrons. The minimum atomic E-state index is -3.73. The molecule has 1 N–H and O–H groups in total. The van der Waals surface area contributed by atoms with Crippen LogP contribution in [-0.2, 0) is 19.6 Å². The fourth-order valence-corrected chi connectivity index (χ4v) is 3.82. The highest BCUT2D eigenvalue weighted by molar-refractivity contribution is 8.15. The first-order valence-corrected chi connectivity index (χ1v) is 8.80. The van der Waals surface area contributed by atoms with E-state index in [9.17, 15) is 13.2 Å². The first kappa shape index (κ1) is 15.8. The summed E-state index contributed by atoms with van der Waals surface area (Å²) in [7, 11) is -3.73. The lowest BCUT2D eigenvalue weighted by Crippen LogP contribution is -2.25. The largest absolute Gasteiger partial charge is 0.465 e. The Morgan fingerprint density at radius 2 is 2.14 bits per heavy atom. The Kier molecular flexibility index (Phi) is 4.89. The monoisotopic (exact) mass is 328 g/mol.